The van der Waals surface area contributed by atoms with Gasteiger partial charge in [-0.3, -0.25) is 9.69 Å². The van der Waals surface area contributed by atoms with E-state index in [1.54, 1.807) is 6.08 Å². The van der Waals surface area contributed by atoms with Crippen molar-refractivity contribution in [3.63, 3.8) is 0 Å². The van der Waals surface area contributed by atoms with Crippen LogP contribution >= 0.6 is 0 Å². The summed E-state index contributed by atoms with van der Waals surface area (Å²) in [5, 5.41) is 9.55. The van der Waals surface area contributed by atoms with Gasteiger partial charge >= 0.3 is 0 Å². The molecular weight excluding hydrogens is 450 g/mol. The quantitative estimate of drug-likeness (QED) is 0.463. The number of carbonyl (C=O) groups excluding carboxylic acids is 1. The number of nitrogens with two attached hydrogens (primary N) is 1. The first-order chi connectivity index (χ1) is 16.8. The van der Waals surface area contributed by atoms with Crippen molar-refractivity contribution in [2.24, 2.45) is 5.73 Å². The van der Waals surface area contributed by atoms with Crippen molar-refractivity contribution < 1.29 is 13.6 Å². The molecule has 0 bridgehead atoms. The van der Waals surface area contributed by atoms with E-state index in [-0.39, 0.29) is 18.3 Å². The largest absolute Gasteiger partial charge is 0.380 e. The highest BCUT2D eigenvalue weighted by Gasteiger charge is 2.21. The zero-order valence-electron chi connectivity index (χ0n) is 20.0. The van der Waals surface area contributed by atoms with Crippen molar-refractivity contribution in [3.8, 4) is 0 Å². The Hall–Kier alpha value is -3.59. The van der Waals surface area contributed by atoms with E-state index in [0.29, 0.717) is 17.3 Å². The number of hydrogen-bond donors (Lipinski definition) is 4. The summed E-state index contributed by atoms with van der Waals surface area (Å²) in [5.41, 5.74) is 8.77. The Morgan fingerprint density at radius 2 is 1.74 bits per heavy atom. The lowest BCUT2D eigenvalue weighted by molar-refractivity contribution is -0.114. The van der Waals surface area contributed by atoms with E-state index >= 15 is 0 Å². The van der Waals surface area contributed by atoms with Crippen LogP contribution in [0.25, 0.3) is 0 Å². The molecule has 1 atom stereocenters. The van der Waals surface area contributed by atoms with Gasteiger partial charge in [-0.15, -0.1) is 0 Å². The third-order valence-corrected chi connectivity index (χ3v) is 6.30. The second-order valence-corrected chi connectivity index (χ2v) is 9.09. The molecule has 2 aromatic carbocycles. The molecule has 1 unspecified atom stereocenters. The van der Waals surface area contributed by atoms with E-state index in [4.69, 9.17) is 5.73 Å². The van der Waals surface area contributed by atoms with E-state index in [9.17, 15) is 13.6 Å². The van der Waals surface area contributed by atoms with Crippen LogP contribution in [0.1, 0.15) is 19.4 Å². The van der Waals surface area contributed by atoms with Gasteiger partial charge in [-0.25, -0.2) is 8.78 Å². The van der Waals surface area contributed by atoms with Crippen LogP contribution in [0.5, 0.6) is 0 Å². The maximum Gasteiger partial charge on any atom is 0.252 e. The molecule has 0 radical (unpaired) electrons. The highest BCUT2D eigenvalue weighted by Crippen LogP contribution is 2.22. The van der Waals surface area contributed by atoms with Crippen LogP contribution in [0.15, 0.2) is 66.0 Å². The van der Waals surface area contributed by atoms with Crippen molar-refractivity contribution in [2.45, 2.75) is 32.6 Å². The van der Waals surface area contributed by atoms with Gasteiger partial charge in [0.25, 0.3) is 5.91 Å². The van der Waals surface area contributed by atoms with Crippen molar-refractivity contribution in [1.29, 1.82) is 0 Å². The zero-order chi connectivity index (χ0) is 24.9. The van der Waals surface area contributed by atoms with Crippen molar-refractivity contribution in [3.05, 3.63) is 83.2 Å². The number of piperazine rings is 1. The minimum atomic E-state index is -0.656. The van der Waals surface area contributed by atoms with Crippen LogP contribution in [0.3, 0.4) is 0 Å². The van der Waals surface area contributed by atoms with Gasteiger partial charge in [0.1, 0.15) is 17.8 Å². The van der Waals surface area contributed by atoms with Crippen LogP contribution in [0.2, 0.25) is 0 Å². The molecule has 5 N–H and O–H groups in total. The Kier molecular flexibility index (Phi) is 7.55. The first-order valence-electron chi connectivity index (χ1n) is 11.8. The fourth-order valence-corrected chi connectivity index (χ4v) is 4.35. The molecule has 7 nitrogen and oxygen atoms in total. The van der Waals surface area contributed by atoms with Crippen LogP contribution in [-0.2, 0) is 11.3 Å². The second-order valence-electron chi connectivity index (χ2n) is 9.09. The number of nitrogens with one attached hydrogen (secondary N) is 3. The van der Waals surface area contributed by atoms with Gasteiger partial charge in [-0.2, -0.15) is 0 Å². The lowest BCUT2D eigenvalue weighted by atomic mass is 10.1. The average molecular weight is 483 g/mol. The van der Waals surface area contributed by atoms with Gasteiger partial charge in [0.2, 0.25) is 0 Å². The number of halogens is 2. The molecule has 0 saturated carbocycles. The lowest BCUT2D eigenvalue weighted by Crippen LogP contribution is -2.48. The molecule has 1 saturated heterocycles. The van der Waals surface area contributed by atoms with Gasteiger partial charge in [0.05, 0.1) is 5.57 Å². The summed E-state index contributed by atoms with van der Waals surface area (Å²) in [6.45, 7) is 8.71. The first kappa shape index (κ1) is 24.5. The standard InChI is InChI=1S/C26H32F2N6O/c1-17(2)33-7-9-34(10-8-33)22-5-3-21(4-6-22)32-25-14-24(23(16-31-25)26(29)35)30-15-18-11-19(27)13-20(28)12-18/h3-6,11-14,16-17,25,30-32H,7-10,15H2,1-2H3,(H2,29,35). The van der Waals surface area contributed by atoms with Gasteiger partial charge in [-0.1, -0.05) is 0 Å². The highest BCUT2D eigenvalue weighted by molar-refractivity contribution is 5.96. The predicted octanol–water partition coefficient (Wildman–Crippen LogP) is 2.88. The number of benzene rings is 2. The smallest absolute Gasteiger partial charge is 0.252 e. The van der Waals surface area contributed by atoms with Gasteiger partial charge in [0, 0.05) is 68.1 Å². The van der Waals surface area contributed by atoms with Crippen LogP contribution < -0.4 is 26.6 Å². The SMILES string of the molecule is CC(C)N1CCN(c2ccc(NC3C=C(NCc4cc(F)cc(F)c4)C(C(N)=O)=CN3)cc2)CC1. The predicted molar refractivity (Wildman–Crippen MR) is 134 cm³/mol. The Balaban J connectivity index is 1.39. The monoisotopic (exact) mass is 482 g/mol. The van der Waals surface area contributed by atoms with Crippen molar-refractivity contribution in [1.82, 2.24) is 15.5 Å². The van der Waals surface area contributed by atoms with E-state index < -0.39 is 17.5 Å². The van der Waals surface area contributed by atoms with Gasteiger partial charge in [0.15, 0.2) is 0 Å². The molecule has 4 rings (SSSR count). The first-order valence-corrected chi connectivity index (χ1v) is 11.8. The summed E-state index contributed by atoms with van der Waals surface area (Å²) >= 11 is 0. The summed E-state index contributed by atoms with van der Waals surface area (Å²) in [4.78, 5) is 16.8. The summed E-state index contributed by atoms with van der Waals surface area (Å²) in [7, 11) is 0. The van der Waals surface area contributed by atoms with Crippen LogP contribution in [0.4, 0.5) is 20.2 Å². The number of carbonyl (C=O) groups is 1. The minimum absolute atomic E-state index is 0.136. The number of anilines is 2. The summed E-state index contributed by atoms with van der Waals surface area (Å²) in [6, 6.07) is 12.1. The molecular formula is C26H32F2N6O. The molecule has 0 aliphatic carbocycles. The van der Waals surface area contributed by atoms with Crippen LogP contribution in [0, 0.1) is 11.6 Å². The molecule has 1 fully saturated rings. The molecule has 0 spiro atoms. The summed E-state index contributed by atoms with van der Waals surface area (Å²) in [5.74, 6) is -1.92. The Bertz CT molecular complexity index is 1090. The third kappa shape index (κ3) is 6.30. The van der Waals surface area contributed by atoms with E-state index in [1.807, 2.05) is 12.1 Å². The van der Waals surface area contributed by atoms with E-state index in [2.05, 4.69) is 51.7 Å². The summed E-state index contributed by atoms with van der Waals surface area (Å²) in [6.07, 6.45) is 3.01. The molecule has 2 aliphatic rings. The molecule has 9 heteroatoms. The number of primary amides is 1. The van der Waals surface area contributed by atoms with Crippen molar-refractivity contribution >= 4 is 17.3 Å². The second kappa shape index (κ2) is 10.8. The Morgan fingerprint density at radius 1 is 1.09 bits per heavy atom. The number of nitrogens with zero attached hydrogens (tertiary/aromatic N) is 2. The number of rotatable bonds is 8. The molecule has 186 valence electrons. The van der Waals surface area contributed by atoms with E-state index in [1.165, 1.54) is 24.0 Å². The number of dihydropyridines is 1. The zero-order valence-corrected chi connectivity index (χ0v) is 20.0. The minimum Gasteiger partial charge on any atom is -0.380 e. The Morgan fingerprint density at radius 3 is 2.34 bits per heavy atom. The fourth-order valence-electron chi connectivity index (χ4n) is 4.35. The lowest BCUT2D eigenvalue weighted by Gasteiger charge is -2.38. The molecule has 2 heterocycles. The van der Waals surface area contributed by atoms with Crippen LogP contribution in [-0.4, -0.2) is 49.2 Å². The number of amides is 1. The number of hydrogen-bond acceptors (Lipinski definition) is 6. The maximum atomic E-state index is 13.5. The van der Waals surface area contributed by atoms with Crippen molar-refractivity contribution in [2.75, 3.05) is 36.4 Å². The topological polar surface area (TPSA) is 85.7 Å². The normalized spacial score (nSPS) is 18.5. The molecule has 35 heavy (non-hydrogen) atoms. The third-order valence-electron chi connectivity index (χ3n) is 6.30. The van der Waals surface area contributed by atoms with Gasteiger partial charge < -0.3 is 26.6 Å². The molecule has 0 aromatic heterocycles. The van der Waals surface area contributed by atoms with E-state index in [0.717, 1.165) is 37.9 Å². The maximum absolute atomic E-state index is 13.5. The Labute approximate surface area is 204 Å². The molecule has 2 aromatic rings. The average Bonchev–Trinajstić information content (AvgIpc) is 2.83. The molecule has 2 aliphatic heterocycles. The fraction of sp³-hybridized carbons (Fsp3) is 0.346. The molecule has 1 amide bonds. The summed E-state index contributed by atoms with van der Waals surface area (Å²) < 4.78 is 27.0. The van der Waals surface area contributed by atoms with Gasteiger partial charge in [-0.05, 0) is 61.9 Å². The highest BCUT2D eigenvalue weighted by atomic mass is 19.1.